The fourth-order valence-corrected chi connectivity index (χ4v) is 3.43. The normalized spacial score (nSPS) is 11.6. The van der Waals surface area contributed by atoms with Crippen LogP contribution in [0.4, 0.5) is 0 Å². The van der Waals surface area contributed by atoms with Crippen LogP contribution in [-0.4, -0.2) is 26.2 Å². The third-order valence-corrected chi connectivity index (χ3v) is 4.86. The zero-order chi connectivity index (χ0) is 21.0. The highest BCUT2D eigenvalue weighted by Gasteiger charge is 2.19. The SMILES string of the molecule is CCNC(=O)/C=C(\C)c1cc2c(-c3ccc(OC)cc3)coc2c(C)c1OCC. The van der Waals surface area contributed by atoms with Crippen LogP contribution in [0.1, 0.15) is 31.9 Å². The maximum absolute atomic E-state index is 12.1. The molecule has 0 radical (unpaired) electrons. The van der Waals surface area contributed by atoms with Gasteiger partial charge in [0.25, 0.3) is 0 Å². The molecule has 0 aliphatic rings. The maximum atomic E-state index is 12.1. The zero-order valence-corrected chi connectivity index (χ0v) is 17.6. The van der Waals surface area contributed by atoms with E-state index in [4.69, 9.17) is 13.9 Å². The number of furan rings is 1. The average molecular weight is 393 g/mol. The van der Waals surface area contributed by atoms with Crippen LogP contribution >= 0.6 is 0 Å². The van der Waals surface area contributed by atoms with Crippen molar-refractivity contribution < 1.29 is 18.7 Å². The standard InChI is InChI=1S/C24H27NO4/c1-6-25-22(26)12-15(3)19-13-20-21(17-8-10-18(27-5)11-9-17)14-29-24(20)16(4)23(19)28-7-2/h8-14H,6-7H2,1-5H3,(H,25,26)/b15-12+. The van der Waals surface area contributed by atoms with Crippen LogP contribution in [0.2, 0.25) is 0 Å². The summed E-state index contributed by atoms with van der Waals surface area (Å²) in [4.78, 5) is 12.1. The van der Waals surface area contributed by atoms with Crippen LogP contribution in [0.3, 0.4) is 0 Å². The lowest BCUT2D eigenvalue weighted by Crippen LogP contribution is -2.20. The van der Waals surface area contributed by atoms with Crippen molar-refractivity contribution in [3.05, 3.63) is 53.8 Å². The van der Waals surface area contributed by atoms with Gasteiger partial charge < -0.3 is 19.2 Å². The Hall–Kier alpha value is -3.21. The summed E-state index contributed by atoms with van der Waals surface area (Å²) in [7, 11) is 1.65. The first-order valence-corrected chi connectivity index (χ1v) is 9.78. The van der Waals surface area contributed by atoms with Gasteiger partial charge in [-0.2, -0.15) is 0 Å². The van der Waals surface area contributed by atoms with Gasteiger partial charge in [0.2, 0.25) is 5.91 Å². The molecule has 0 unspecified atom stereocenters. The Morgan fingerprint density at radius 3 is 2.55 bits per heavy atom. The molecule has 5 heteroatoms. The number of allylic oxidation sites excluding steroid dienone is 1. The lowest BCUT2D eigenvalue weighted by Gasteiger charge is -2.15. The van der Waals surface area contributed by atoms with Crippen molar-refractivity contribution in [1.82, 2.24) is 5.32 Å². The maximum Gasteiger partial charge on any atom is 0.244 e. The van der Waals surface area contributed by atoms with Gasteiger partial charge in [-0.1, -0.05) is 12.1 Å². The number of likely N-dealkylation sites (N-methyl/N-ethyl adjacent to an activating group) is 1. The first-order valence-electron chi connectivity index (χ1n) is 9.78. The van der Waals surface area contributed by atoms with E-state index < -0.39 is 0 Å². The van der Waals surface area contributed by atoms with Gasteiger partial charge in [0.05, 0.1) is 20.0 Å². The molecular weight excluding hydrogens is 366 g/mol. The molecule has 152 valence electrons. The number of benzene rings is 2. The van der Waals surface area contributed by atoms with Crippen molar-refractivity contribution in [2.24, 2.45) is 0 Å². The molecule has 29 heavy (non-hydrogen) atoms. The molecule has 0 fully saturated rings. The molecule has 0 atom stereocenters. The first kappa shape index (κ1) is 20.5. The summed E-state index contributed by atoms with van der Waals surface area (Å²) in [5, 5.41) is 3.79. The van der Waals surface area contributed by atoms with Crippen LogP contribution < -0.4 is 14.8 Å². The number of methoxy groups -OCH3 is 1. The molecule has 0 aliphatic heterocycles. The van der Waals surface area contributed by atoms with Crippen molar-refractivity contribution in [2.75, 3.05) is 20.3 Å². The molecule has 5 nitrogen and oxygen atoms in total. The topological polar surface area (TPSA) is 60.7 Å². The fourth-order valence-electron chi connectivity index (χ4n) is 3.43. The minimum atomic E-state index is -0.118. The molecule has 2 aromatic carbocycles. The van der Waals surface area contributed by atoms with E-state index >= 15 is 0 Å². The van der Waals surface area contributed by atoms with Gasteiger partial charge in [0.15, 0.2) is 0 Å². The average Bonchev–Trinajstić information content (AvgIpc) is 3.14. The molecule has 1 amide bonds. The fraction of sp³-hybridized carbons (Fsp3) is 0.292. The molecule has 0 bridgehead atoms. The highest BCUT2D eigenvalue weighted by atomic mass is 16.5. The number of carbonyl (C=O) groups excluding carboxylic acids is 1. The Morgan fingerprint density at radius 2 is 1.93 bits per heavy atom. The number of rotatable bonds is 7. The van der Waals surface area contributed by atoms with Gasteiger partial charge in [-0.05, 0) is 57.0 Å². The molecule has 0 saturated heterocycles. The van der Waals surface area contributed by atoms with Crippen LogP contribution in [0.15, 0.2) is 47.1 Å². The van der Waals surface area contributed by atoms with Crippen LogP contribution in [0.25, 0.3) is 27.7 Å². The molecule has 1 N–H and O–H groups in total. The van der Waals surface area contributed by atoms with E-state index in [9.17, 15) is 4.79 Å². The van der Waals surface area contributed by atoms with Crippen molar-refractivity contribution in [3.63, 3.8) is 0 Å². The Bertz CT molecular complexity index is 1040. The van der Waals surface area contributed by atoms with Crippen molar-refractivity contribution in [1.29, 1.82) is 0 Å². The summed E-state index contributed by atoms with van der Waals surface area (Å²) >= 11 is 0. The Labute approximate surface area is 171 Å². The minimum Gasteiger partial charge on any atom is -0.497 e. The number of hydrogen-bond donors (Lipinski definition) is 1. The van der Waals surface area contributed by atoms with Crippen LogP contribution in [-0.2, 0) is 4.79 Å². The highest BCUT2D eigenvalue weighted by molar-refractivity contribution is 6.01. The summed E-state index contributed by atoms with van der Waals surface area (Å²) in [6, 6.07) is 9.91. The van der Waals surface area contributed by atoms with E-state index in [0.717, 1.165) is 50.3 Å². The monoisotopic (exact) mass is 393 g/mol. The predicted molar refractivity (Wildman–Crippen MR) is 116 cm³/mol. The predicted octanol–water partition coefficient (Wildman–Crippen LogP) is 5.35. The number of fused-ring (bicyclic) bond motifs is 1. The number of ether oxygens (including phenoxy) is 2. The van der Waals surface area contributed by atoms with Gasteiger partial charge in [0, 0.05) is 34.7 Å². The van der Waals surface area contributed by atoms with E-state index in [1.807, 2.05) is 58.0 Å². The Morgan fingerprint density at radius 1 is 1.21 bits per heavy atom. The van der Waals surface area contributed by atoms with Gasteiger partial charge in [-0.25, -0.2) is 0 Å². The largest absolute Gasteiger partial charge is 0.497 e. The van der Waals surface area contributed by atoms with Crippen LogP contribution in [0.5, 0.6) is 11.5 Å². The highest BCUT2D eigenvalue weighted by Crippen LogP contribution is 2.41. The van der Waals surface area contributed by atoms with E-state index in [1.54, 1.807) is 19.4 Å². The second-order valence-electron chi connectivity index (χ2n) is 6.79. The molecule has 0 saturated carbocycles. The number of nitrogens with one attached hydrogen (secondary N) is 1. The van der Waals surface area contributed by atoms with Gasteiger partial charge >= 0.3 is 0 Å². The molecule has 3 rings (SSSR count). The van der Waals surface area contributed by atoms with Gasteiger partial charge in [0.1, 0.15) is 17.1 Å². The molecule has 0 aliphatic carbocycles. The molecule has 3 aromatic rings. The molecule has 0 spiro atoms. The zero-order valence-electron chi connectivity index (χ0n) is 17.6. The smallest absolute Gasteiger partial charge is 0.244 e. The number of carbonyl (C=O) groups is 1. The second-order valence-corrected chi connectivity index (χ2v) is 6.79. The number of hydrogen-bond acceptors (Lipinski definition) is 4. The first-order chi connectivity index (χ1) is 14.0. The van der Waals surface area contributed by atoms with E-state index in [-0.39, 0.29) is 5.91 Å². The Kier molecular flexibility index (Phi) is 6.27. The van der Waals surface area contributed by atoms with Crippen LogP contribution in [0, 0.1) is 6.92 Å². The summed E-state index contributed by atoms with van der Waals surface area (Å²) in [5.41, 5.74) is 5.45. The third kappa shape index (κ3) is 4.14. The minimum absolute atomic E-state index is 0.118. The van der Waals surface area contributed by atoms with E-state index in [0.29, 0.717) is 13.2 Å². The van der Waals surface area contributed by atoms with Gasteiger partial charge in [-0.15, -0.1) is 0 Å². The van der Waals surface area contributed by atoms with Crippen molar-refractivity contribution in [3.8, 4) is 22.6 Å². The summed E-state index contributed by atoms with van der Waals surface area (Å²) < 4.78 is 17.1. The van der Waals surface area contributed by atoms with Crippen molar-refractivity contribution in [2.45, 2.75) is 27.7 Å². The lowest BCUT2D eigenvalue weighted by molar-refractivity contribution is -0.116. The molecular formula is C24H27NO4. The van der Waals surface area contributed by atoms with Crippen molar-refractivity contribution >= 4 is 22.4 Å². The molecule has 1 aromatic heterocycles. The number of amides is 1. The second kappa shape index (κ2) is 8.86. The summed E-state index contributed by atoms with van der Waals surface area (Å²) in [6.45, 7) is 8.86. The van der Waals surface area contributed by atoms with Gasteiger partial charge in [-0.3, -0.25) is 4.79 Å². The third-order valence-electron chi connectivity index (χ3n) is 4.86. The summed E-state index contributed by atoms with van der Waals surface area (Å²) in [5.74, 6) is 1.43. The van der Waals surface area contributed by atoms with E-state index in [1.165, 1.54) is 0 Å². The Balaban J connectivity index is 2.18. The molecule has 1 heterocycles. The van der Waals surface area contributed by atoms with E-state index in [2.05, 4.69) is 5.32 Å². The quantitative estimate of drug-likeness (QED) is 0.549. The lowest BCUT2D eigenvalue weighted by atomic mass is 9.96. The number of aryl methyl sites for hydroxylation is 1. The summed E-state index contributed by atoms with van der Waals surface area (Å²) in [6.07, 6.45) is 3.38.